The van der Waals surface area contributed by atoms with Gasteiger partial charge in [0, 0.05) is 11.9 Å². The van der Waals surface area contributed by atoms with Gasteiger partial charge in [0.25, 0.3) is 5.91 Å². The Morgan fingerprint density at radius 2 is 1.80 bits per heavy atom. The van der Waals surface area contributed by atoms with E-state index in [1.54, 1.807) is 13.0 Å². The molecule has 1 N–H and O–H groups in total. The number of carbonyl (C=O) groups is 1. The predicted molar refractivity (Wildman–Crippen MR) is 81.4 cm³/mol. The van der Waals surface area contributed by atoms with Crippen LogP contribution in [0.5, 0.6) is 0 Å². The second kappa shape index (κ2) is 6.66. The van der Waals surface area contributed by atoms with Gasteiger partial charge in [-0.3, -0.25) is 4.79 Å². The summed E-state index contributed by atoms with van der Waals surface area (Å²) in [5.74, 6) is -0.885. The number of alkyl halides is 1. The van der Waals surface area contributed by atoms with E-state index in [2.05, 4.69) is 21.2 Å². The summed E-state index contributed by atoms with van der Waals surface area (Å²) in [6, 6.07) is 12.5. The van der Waals surface area contributed by atoms with Gasteiger partial charge in [-0.25, -0.2) is 4.39 Å². The lowest BCUT2D eigenvalue weighted by molar-refractivity contribution is 0.0947. The lowest BCUT2D eigenvalue weighted by Gasteiger charge is -2.07. The van der Waals surface area contributed by atoms with Crippen molar-refractivity contribution >= 4 is 21.8 Å². The molecule has 0 fully saturated rings. The number of amides is 1. The molecule has 0 unspecified atom stereocenters. The van der Waals surface area contributed by atoms with Crippen LogP contribution in [-0.2, 0) is 11.9 Å². The smallest absolute Gasteiger partial charge is 0.254 e. The molecule has 0 saturated heterocycles. The molecule has 0 atom stereocenters. The maximum Gasteiger partial charge on any atom is 0.254 e. The molecule has 104 valence electrons. The zero-order valence-electron chi connectivity index (χ0n) is 11.1. The SMILES string of the molecule is Cc1ccc(C(=O)NCc2ccc(CBr)cc2)c(F)c1. The van der Waals surface area contributed by atoms with Crippen LogP contribution >= 0.6 is 15.9 Å². The van der Waals surface area contributed by atoms with Crippen molar-refractivity contribution in [1.29, 1.82) is 0 Å². The first-order valence-electron chi connectivity index (χ1n) is 6.28. The van der Waals surface area contributed by atoms with Gasteiger partial charge in [-0.15, -0.1) is 0 Å². The van der Waals surface area contributed by atoms with Crippen molar-refractivity contribution in [3.8, 4) is 0 Å². The Bertz CT molecular complexity index is 610. The van der Waals surface area contributed by atoms with Gasteiger partial charge >= 0.3 is 0 Å². The molecular formula is C16H15BrFNO. The summed E-state index contributed by atoms with van der Waals surface area (Å²) >= 11 is 3.38. The van der Waals surface area contributed by atoms with E-state index in [4.69, 9.17) is 0 Å². The molecule has 2 aromatic carbocycles. The fourth-order valence-corrected chi connectivity index (χ4v) is 2.20. The number of nitrogens with one attached hydrogen (secondary N) is 1. The van der Waals surface area contributed by atoms with Crippen LogP contribution < -0.4 is 5.32 Å². The van der Waals surface area contributed by atoms with Crippen molar-refractivity contribution in [2.45, 2.75) is 18.8 Å². The van der Waals surface area contributed by atoms with Crippen LogP contribution in [0.3, 0.4) is 0 Å². The summed E-state index contributed by atoms with van der Waals surface area (Å²) in [6.07, 6.45) is 0. The highest BCUT2D eigenvalue weighted by Crippen LogP contribution is 2.11. The first-order valence-corrected chi connectivity index (χ1v) is 7.40. The third-order valence-corrected chi connectivity index (χ3v) is 3.65. The van der Waals surface area contributed by atoms with E-state index in [-0.39, 0.29) is 5.56 Å². The van der Waals surface area contributed by atoms with Crippen LogP contribution in [0, 0.1) is 12.7 Å². The van der Waals surface area contributed by atoms with Gasteiger partial charge in [-0.1, -0.05) is 46.3 Å². The van der Waals surface area contributed by atoms with Crippen LogP contribution in [0.1, 0.15) is 27.0 Å². The molecule has 0 saturated carbocycles. The summed E-state index contributed by atoms with van der Waals surface area (Å²) in [7, 11) is 0. The van der Waals surface area contributed by atoms with Crippen molar-refractivity contribution in [3.05, 3.63) is 70.5 Å². The number of benzene rings is 2. The number of carbonyl (C=O) groups excluding carboxylic acids is 1. The molecule has 0 aliphatic carbocycles. The Morgan fingerprint density at radius 1 is 1.15 bits per heavy atom. The van der Waals surface area contributed by atoms with Crippen LogP contribution in [0.15, 0.2) is 42.5 Å². The monoisotopic (exact) mass is 335 g/mol. The Balaban J connectivity index is 2.00. The van der Waals surface area contributed by atoms with Crippen molar-refractivity contribution in [1.82, 2.24) is 5.32 Å². The molecule has 0 aromatic heterocycles. The van der Waals surface area contributed by atoms with Gasteiger partial charge < -0.3 is 5.32 Å². The van der Waals surface area contributed by atoms with Crippen molar-refractivity contribution in [2.24, 2.45) is 0 Å². The molecule has 2 rings (SSSR count). The van der Waals surface area contributed by atoms with E-state index in [0.29, 0.717) is 6.54 Å². The highest BCUT2D eigenvalue weighted by Gasteiger charge is 2.11. The minimum atomic E-state index is -0.489. The Kier molecular flexibility index (Phi) is 4.90. The second-order valence-electron chi connectivity index (χ2n) is 4.62. The Labute approximate surface area is 126 Å². The highest BCUT2D eigenvalue weighted by atomic mass is 79.9. The molecule has 4 heteroatoms. The van der Waals surface area contributed by atoms with Gasteiger partial charge in [0.1, 0.15) is 5.82 Å². The van der Waals surface area contributed by atoms with E-state index in [1.807, 2.05) is 24.3 Å². The van der Waals surface area contributed by atoms with Crippen LogP contribution in [0.4, 0.5) is 4.39 Å². The second-order valence-corrected chi connectivity index (χ2v) is 5.18. The predicted octanol–water partition coefficient (Wildman–Crippen LogP) is 3.96. The molecule has 2 aromatic rings. The minimum Gasteiger partial charge on any atom is -0.348 e. The van der Waals surface area contributed by atoms with Gasteiger partial charge in [0.2, 0.25) is 0 Å². The third-order valence-electron chi connectivity index (χ3n) is 3.00. The fraction of sp³-hybridized carbons (Fsp3) is 0.188. The summed E-state index contributed by atoms with van der Waals surface area (Å²) in [5.41, 5.74) is 3.03. The third kappa shape index (κ3) is 3.67. The average molecular weight is 336 g/mol. The lowest BCUT2D eigenvalue weighted by atomic mass is 10.1. The number of aryl methyl sites for hydroxylation is 1. The maximum absolute atomic E-state index is 13.7. The quantitative estimate of drug-likeness (QED) is 0.842. The van der Waals surface area contributed by atoms with Gasteiger partial charge in [0.15, 0.2) is 0 Å². The molecule has 0 radical (unpaired) electrons. The summed E-state index contributed by atoms with van der Waals surface area (Å²) in [4.78, 5) is 11.9. The topological polar surface area (TPSA) is 29.1 Å². The number of hydrogen-bond acceptors (Lipinski definition) is 1. The standard InChI is InChI=1S/C16H15BrFNO/c1-11-2-7-14(15(18)8-11)16(20)19-10-13-5-3-12(9-17)4-6-13/h2-8H,9-10H2,1H3,(H,19,20). The molecule has 0 aliphatic rings. The van der Waals surface area contributed by atoms with E-state index >= 15 is 0 Å². The number of hydrogen-bond donors (Lipinski definition) is 1. The summed E-state index contributed by atoms with van der Waals surface area (Å²) < 4.78 is 13.7. The van der Waals surface area contributed by atoms with Gasteiger partial charge in [-0.05, 0) is 35.7 Å². The van der Waals surface area contributed by atoms with Crippen LogP contribution in [-0.4, -0.2) is 5.91 Å². The highest BCUT2D eigenvalue weighted by molar-refractivity contribution is 9.08. The normalized spacial score (nSPS) is 10.3. The maximum atomic E-state index is 13.7. The molecule has 0 spiro atoms. The molecule has 0 heterocycles. The average Bonchev–Trinajstić information content (AvgIpc) is 2.45. The molecule has 1 amide bonds. The van der Waals surface area contributed by atoms with Gasteiger partial charge in [-0.2, -0.15) is 0 Å². The molecule has 0 aliphatic heterocycles. The molecule has 0 bridgehead atoms. The van der Waals surface area contributed by atoms with Crippen molar-refractivity contribution < 1.29 is 9.18 Å². The van der Waals surface area contributed by atoms with Gasteiger partial charge in [0.05, 0.1) is 5.56 Å². The number of halogens is 2. The lowest BCUT2D eigenvalue weighted by Crippen LogP contribution is -2.23. The zero-order valence-corrected chi connectivity index (χ0v) is 12.7. The summed E-state index contributed by atoms with van der Waals surface area (Å²) in [6.45, 7) is 2.17. The van der Waals surface area contributed by atoms with E-state index < -0.39 is 11.7 Å². The summed E-state index contributed by atoms with van der Waals surface area (Å²) in [5, 5.41) is 3.52. The van der Waals surface area contributed by atoms with E-state index in [0.717, 1.165) is 16.5 Å². The van der Waals surface area contributed by atoms with Crippen LogP contribution in [0.2, 0.25) is 0 Å². The first-order chi connectivity index (χ1) is 9.60. The Morgan fingerprint density at radius 3 is 2.40 bits per heavy atom. The zero-order chi connectivity index (χ0) is 14.5. The van der Waals surface area contributed by atoms with Crippen LogP contribution in [0.25, 0.3) is 0 Å². The molecule has 2 nitrogen and oxygen atoms in total. The van der Waals surface area contributed by atoms with E-state index in [1.165, 1.54) is 17.7 Å². The first kappa shape index (κ1) is 14.7. The number of rotatable bonds is 4. The molecular weight excluding hydrogens is 321 g/mol. The fourth-order valence-electron chi connectivity index (χ4n) is 1.83. The largest absolute Gasteiger partial charge is 0.348 e. The Hall–Kier alpha value is -1.68. The van der Waals surface area contributed by atoms with Crippen molar-refractivity contribution in [2.75, 3.05) is 0 Å². The molecule has 20 heavy (non-hydrogen) atoms. The van der Waals surface area contributed by atoms with Crippen molar-refractivity contribution in [3.63, 3.8) is 0 Å². The van der Waals surface area contributed by atoms with E-state index in [9.17, 15) is 9.18 Å². The minimum absolute atomic E-state index is 0.0766.